The number of benzene rings is 1. The molecule has 1 aromatic heterocycles. The number of carbonyl (C=O) groups is 3. The molecule has 3 N–H and O–H groups in total. The molecule has 1 saturated heterocycles. The second kappa shape index (κ2) is 8.69. The number of hydrogen-bond acceptors (Lipinski definition) is 7. The molecule has 1 aromatic carbocycles. The van der Waals surface area contributed by atoms with Crippen LogP contribution < -0.4 is 20.9 Å². The molecule has 2 aliphatic rings. The van der Waals surface area contributed by atoms with Gasteiger partial charge in [0.25, 0.3) is 5.91 Å². The van der Waals surface area contributed by atoms with Gasteiger partial charge in [-0.05, 0) is 30.2 Å². The van der Waals surface area contributed by atoms with Crippen LogP contribution in [0.1, 0.15) is 29.6 Å². The highest BCUT2D eigenvalue weighted by Gasteiger charge is 2.33. The lowest BCUT2D eigenvalue weighted by atomic mass is 10.0. The summed E-state index contributed by atoms with van der Waals surface area (Å²) in [5.74, 6) is -0.877. The number of halogens is 1. The number of nitrogens with one attached hydrogen (secondary N) is 1. The van der Waals surface area contributed by atoms with Gasteiger partial charge in [-0.1, -0.05) is 11.2 Å². The fourth-order valence-corrected chi connectivity index (χ4v) is 3.67. The van der Waals surface area contributed by atoms with E-state index in [0.29, 0.717) is 36.6 Å². The predicted octanol–water partition coefficient (Wildman–Crippen LogP) is 1.67. The summed E-state index contributed by atoms with van der Waals surface area (Å²) in [5.41, 5.74) is 6.91. The number of ether oxygens (including phenoxy) is 1. The first-order chi connectivity index (χ1) is 15.3. The van der Waals surface area contributed by atoms with Crippen molar-refractivity contribution in [2.45, 2.75) is 19.4 Å². The molecule has 0 unspecified atom stereocenters. The van der Waals surface area contributed by atoms with Gasteiger partial charge in [0.2, 0.25) is 5.91 Å². The third-order valence-corrected chi connectivity index (χ3v) is 5.32. The van der Waals surface area contributed by atoms with Crippen LogP contribution in [0.4, 0.5) is 20.6 Å². The van der Waals surface area contributed by atoms with Crippen LogP contribution in [-0.2, 0) is 9.53 Å². The summed E-state index contributed by atoms with van der Waals surface area (Å²) in [6.45, 7) is 2.76. The third kappa shape index (κ3) is 4.41. The minimum Gasteiger partial charge on any atom is -0.442 e. The first-order valence-corrected chi connectivity index (χ1v) is 10.0. The average Bonchev–Trinajstić information content (AvgIpc) is 3.39. The summed E-state index contributed by atoms with van der Waals surface area (Å²) < 4.78 is 25.3. The van der Waals surface area contributed by atoms with Crippen molar-refractivity contribution in [2.75, 3.05) is 36.0 Å². The molecule has 0 saturated carbocycles. The van der Waals surface area contributed by atoms with Crippen molar-refractivity contribution >= 4 is 34.9 Å². The lowest BCUT2D eigenvalue weighted by molar-refractivity contribution is -0.119. The molecule has 2 aliphatic heterocycles. The Kier molecular flexibility index (Phi) is 5.80. The molecular weight excluding hydrogens is 421 g/mol. The number of carbonyl (C=O) groups excluding carboxylic acids is 3. The van der Waals surface area contributed by atoms with Gasteiger partial charge in [-0.2, -0.15) is 0 Å². The quantitative estimate of drug-likeness (QED) is 0.694. The van der Waals surface area contributed by atoms with Gasteiger partial charge in [-0.3, -0.25) is 14.5 Å². The highest BCUT2D eigenvalue weighted by molar-refractivity contribution is 5.91. The first kappa shape index (κ1) is 21.3. The average molecular weight is 443 g/mol. The standard InChI is InChI=1S/C21H22FN5O5/c1-12(28)24-10-15-11-27(21(30)31-15)14-2-3-18(16(22)8-14)26-6-4-13(5-7-26)19-9-17(20(23)29)25-32-19/h2-4,8-9,15H,5-7,10-11H2,1H3,(H2,23,29)(H,24,28)/t15-/m0/s1. The number of amides is 3. The van der Waals surface area contributed by atoms with E-state index in [1.807, 2.05) is 11.0 Å². The summed E-state index contributed by atoms with van der Waals surface area (Å²) in [7, 11) is 0. The van der Waals surface area contributed by atoms with Gasteiger partial charge in [0, 0.05) is 26.1 Å². The minimum atomic E-state index is -0.663. The molecule has 0 bridgehead atoms. The summed E-state index contributed by atoms with van der Waals surface area (Å²) >= 11 is 0. The molecule has 4 rings (SSSR count). The lowest BCUT2D eigenvalue weighted by Gasteiger charge is -2.28. The van der Waals surface area contributed by atoms with E-state index in [2.05, 4.69) is 10.5 Å². The van der Waals surface area contributed by atoms with Gasteiger partial charge in [0.1, 0.15) is 11.9 Å². The number of rotatable bonds is 6. The van der Waals surface area contributed by atoms with Gasteiger partial charge < -0.3 is 25.2 Å². The van der Waals surface area contributed by atoms with Crippen molar-refractivity contribution in [3.05, 3.63) is 47.6 Å². The second-order valence-corrected chi connectivity index (χ2v) is 7.56. The van der Waals surface area contributed by atoms with Gasteiger partial charge in [0.15, 0.2) is 11.5 Å². The summed E-state index contributed by atoms with van der Waals surface area (Å²) in [5, 5.41) is 6.24. The van der Waals surface area contributed by atoms with Crippen LogP contribution in [0.2, 0.25) is 0 Å². The Labute approximate surface area is 182 Å². The Balaban J connectivity index is 1.43. The molecule has 3 amide bonds. The molecule has 1 atom stereocenters. The fraction of sp³-hybridized carbons (Fsp3) is 0.333. The molecule has 32 heavy (non-hydrogen) atoms. The van der Waals surface area contributed by atoms with E-state index < -0.39 is 23.9 Å². The predicted molar refractivity (Wildman–Crippen MR) is 113 cm³/mol. The largest absolute Gasteiger partial charge is 0.442 e. The van der Waals surface area contributed by atoms with Crippen molar-refractivity contribution < 1.29 is 28.0 Å². The van der Waals surface area contributed by atoms with Crippen molar-refractivity contribution in [1.29, 1.82) is 0 Å². The van der Waals surface area contributed by atoms with Crippen molar-refractivity contribution in [3.8, 4) is 0 Å². The Bertz CT molecular complexity index is 1100. The zero-order valence-electron chi connectivity index (χ0n) is 17.3. The van der Waals surface area contributed by atoms with E-state index in [4.69, 9.17) is 15.0 Å². The third-order valence-electron chi connectivity index (χ3n) is 5.32. The fourth-order valence-electron chi connectivity index (χ4n) is 3.67. The molecule has 0 aliphatic carbocycles. The summed E-state index contributed by atoms with van der Waals surface area (Å²) in [6.07, 6.45) is 1.37. The van der Waals surface area contributed by atoms with Crippen molar-refractivity contribution in [3.63, 3.8) is 0 Å². The Morgan fingerprint density at radius 2 is 2.16 bits per heavy atom. The zero-order valence-corrected chi connectivity index (χ0v) is 17.3. The summed E-state index contributed by atoms with van der Waals surface area (Å²) in [6, 6.07) is 6.08. The maximum Gasteiger partial charge on any atom is 0.414 e. The molecular formula is C21H22FN5O5. The molecule has 0 spiro atoms. The van der Waals surface area contributed by atoms with E-state index in [0.717, 1.165) is 5.57 Å². The van der Waals surface area contributed by atoms with Crippen LogP contribution in [-0.4, -0.2) is 55.3 Å². The molecule has 168 valence electrons. The highest BCUT2D eigenvalue weighted by atomic mass is 19.1. The van der Waals surface area contributed by atoms with Crippen molar-refractivity contribution in [1.82, 2.24) is 10.5 Å². The Morgan fingerprint density at radius 1 is 1.34 bits per heavy atom. The zero-order chi connectivity index (χ0) is 22.8. The van der Waals surface area contributed by atoms with E-state index >= 15 is 0 Å². The SMILES string of the molecule is CC(=O)NC[C@H]1CN(c2ccc(N3CC=C(c4cc(C(N)=O)no4)CC3)c(F)c2)C(=O)O1. The van der Waals surface area contributed by atoms with Crippen LogP contribution in [0.15, 0.2) is 34.9 Å². The molecule has 10 nitrogen and oxygen atoms in total. The number of aromatic nitrogens is 1. The first-order valence-electron chi connectivity index (χ1n) is 10.0. The van der Waals surface area contributed by atoms with Gasteiger partial charge in [-0.15, -0.1) is 0 Å². The van der Waals surface area contributed by atoms with E-state index in [1.54, 1.807) is 12.1 Å². The van der Waals surface area contributed by atoms with Crippen LogP contribution in [0, 0.1) is 5.82 Å². The van der Waals surface area contributed by atoms with Gasteiger partial charge >= 0.3 is 6.09 Å². The molecule has 3 heterocycles. The van der Waals surface area contributed by atoms with Crippen LogP contribution >= 0.6 is 0 Å². The number of hydrogen-bond donors (Lipinski definition) is 2. The van der Waals surface area contributed by atoms with Crippen LogP contribution in [0.5, 0.6) is 0 Å². The molecule has 11 heteroatoms. The lowest BCUT2D eigenvalue weighted by Crippen LogP contribution is -2.33. The number of primary amides is 1. The van der Waals surface area contributed by atoms with E-state index in [9.17, 15) is 18.8 Å². The maximum absolute atomic E-state index is 14.9. The highest BCUT2D eigenvalue weighted by Crippen LogP contribution is 2.31. The van der Waals surface area contributed by atoms with E-state index in [1.165, 1.54) is 24.0 Å². The Morgan fingerprint density at radius 3 is 2.78 bits per heavy atom. The maximum atomic E-state index is 14.9. The van der Waals surface area contributed by atoms with Gasteiger partial charge in [0.05, 0.1) is 24.5 Å². The molecule has 0 radical (unpaired) electrons. The molecule has 1 fully saturated rings. The van der Waals surface area contributed by atoms with Gasteiger partial charge in [-0.25, -0.2) is 9.18 Å². The summed E-state index contributed by atoms with van der Waals surface area (Å²) in [4.78, 5) is 37.6. The second-order valence-electron chi connectivity index (χ2n) is 7.56. The topological polar surface area (TPSA) is 131 Å². The van der Waals surface area contributed by atoms with E-state index in [-0.39, 0.29) is 24.7 Å². The minimum absolute atomic E-state index is 0.0599. The Hall–Kier alpha value is -3.89. The number of nitrogens with two attached hydrogens (primary N) is 1. The van der Waals surface area contributed by atoms with Crippen LogP contribution in [0.3, 0.4) is 0 Å². The smallest absolute Gasteiger partial charge is 0.414 e. The van der Waals surface area contributed by atoms with Crippen LogP contribution in [0.25, 0.3) is 5.57 Å². The normalized spacial score (nSPS) is 18.4. The monoisotopic (exact) mass is 443 g/mol. The number of nitrogens with zero attached hydrogens (tertiary/aromatic N) is 3. The number of anilines is 2. The number of cyclic esters (lactones) is 1. The van der Waals surface area contributed by atoms with Crippen molar-refractivity contribution in [2.24, 2.45) is 5.73 Å². The molecule has 2 aromatic rings.